The van der Waals surface area contributed by atoms with Crippen LogP contribution in [0.25, 0.3) is 99.2 Å². The van der Waals surface area contributed by atoms with E-state index >= 15 is 0 Å². The highest BCUT2D eigenvalue weighted by molar-refractivity contribution is 6.26. The van der Waals surface area contributed by atoms with Gasteiger partial charge in [0.15, 0.2) is 0 Å². The summed E-state index contributed by atoms with van der Waals surface area (Å²) >= 11 is 0. The summed E-state index contributed by atoms with van der Waals surface area (Å²) in [4.78, 5) is 0. The molecule has 0 fully saturated rings. The number of fused-ring (bicyclic) bond motifs is 10. The van der Waals surface area contributed by atoms with Crippen molar-refractivity contribution in [2.45, 2.75) is 0 Å². The zero-order valence-corrected chi connectivity index (χ0v) is 27.6. The van der Waals surface area contributed by atoms with E-state index in [2.05, 4.69) is 179 Å². The van der Waals surface area contributed by atoms with E-state index in [0.29, 0.717) is 0 Å². The third kappa shape index (κ3) is 4.19. The molecule has 0 N–H and O–H groups in total. The molecule has 0 spiro atoms. The Labute approximate surface area is 293 Å². The third-order valence-corrected chi connectivity index (χ3v) is 10.5. The molecule has 3 nitrogen and oxygen atoms in total. The van der Waals surface area contributed by atoms with Crippen LogP contribution in [0.15, 0.2) is 186 Å². The molecule has 0 bridgehead atoms. The molecular weight excluding hydrogens is 621 g/mol. The van der Waals surface area contributed by atoms with Gasteiger partial charge in [-0.1, -0.05) is 121 Å². The molecule has 0 saturated heterocycles. The van der Waals surface area contributed by atoms with Gasteiger partial charge < -0.3 is 13.6 Å². The third-order valence-electron chi connectivity index (χ3n) is 10.5. The molecule has 11 aromatic rings. The van der Waals surface area contributed by atoms with Gasteiger partial charge in [0.2, 0.25) is 0 Å². The van der Waals surface area contributed by atoms with Crippen molar-refractivity contribution in [1.82, 2.24) is 9.13 Å². The Kier molecular flexibility index (Phi) is 5.96. The van der Waals surface area contributed by atoms with Crippen LogP contribution in [0.1, 0.15) is 0 Å². The summed E-state index contributed by atoms with van der Waals surface area (Å²) in [5.41, 5.74) is 13.6. The minimum Gasteiger partial charge on any atom is -0.456 e. The average Bonchev–Trinajstić information content (AvgIpc) is 3.86. The lowest BCUT2D eigenvalue weighted by atomic mass is 10.0. The molecule has 0 aliphatic rings. The SMILES string of the molecule is c1ccc(-c2ccc(-n3c4ccccc4c4c3ccc3c5ccccc5n(-c5ccc(-c6ccc7c(c6)oc6ccccc67)cc5)c34)cc2)cc1. The fraction of sp³-hybridized carbons (Fsp3) is 0. The van der Waals surface area contributed by atoms with Crippen molar-refractivity contribution < 1.29 is 4.42 Å². The second-order valence-electron chi connectivity index (χ2n) is 13.3. The summed E-state index contributed by atoms with van der Waals surface area (Å²) in [6.07, 6.45) is 0. The molecule has 11 rings (SSSR count). The van der Waals surface area contributed by atoms with E-state index in [4.69, 9.17) is 4.42 Å². The molecule has 0 aliphatic carbocycles. The Morgan fingerprint density at radius 3 is 1.61 bits per heavy atom. The molecule has 0 saturated carbocycles. The van der Waals surface area contributed by atoms with Gasteiger partial charge in [-0.15, -0.1) is 0 Å². The highest BCUT2D eigenvalue weighted by Crippen LogP contribution is 2.42. The molecular formula is C48H30N2O. The Morgan fingerprint density at radius 2 is 0.843 bits per heavy atom. The monoisotopic (exact) mass is 650 g/mol. The number of rotatable bonds is 4. The Hall–Kier alpha value is -6.84. The molecule has 8 aromatic carbocycles. The van der Waals surface area contributed by atoms with Gasteiger partial charge in [0.1, 0.15) is 11.2 Å². The molecule has 3 heteroatoms. The van der Waals surface area contributed by atoms with Crippen molar-refractivity contribution >= 4 is 65.6 Å². The zero-order chi connectivity index (χ0) is 33.5. The summed E-state index contributed by atoms with van der Waals surface area (Å²) in [5.74, 6) is 0. The second kappa shape index (κ2) is 10.8. The Morgan fingerprint density at radius 1 is 0.314 bits per heavy atom. The average molecular weight is 651 g/mol. The van der Waals surface area contributed by atoms with Crippen LogP contribution in [0, 0.1) is 0 Å². The van der Waals surface area contributed by atoms with E-state index in [-0.39, 0.29) is 0 Å². The van der Waals surface area contributed by atoms with E-state index in [1.807, 2.05) is 12.1 Å². The molecule has 0 amide bonds. The Bertz CT molecular complexity index is 3100. The number of aromatic nitrogens is 2. The van der Waals surface area contributed by atoms with Crippen molar-refractivity contribution in [1.29, 1.82) is 0 Å². The number of benzene rings is 8. The van der Waals surface area contributed by atoms with Crippen LogP contribution in [0.3, 0.4) is 0 Å². The standard InChI is InChI=1S/C48H30N2O/c1-2-10-31(11-3-1)32-18-23-35(24-19-32)49-43-16-8-5-14-41(43)47-44(49)29-28-40-37-12-4-7-15-42(37)50(48(40)47)36-25-20-33(21-26-36)34-22-27-39-38-13-6-9-17-45(38)51-46(39)30-34/h1-30H. The highest BCUT2D eigenvalue weighted by Gasteiger charge is 2.21. The molecule has 0 atom stereocenters. The lowest BCUT2D eigenvalue weighted by Gasteiger charge is -2.11. The van der Waals surface area contributed by atoms with Crippen LogP contribution in [0.5, 0.6) is 0 Å². The van der Waals surface area contributed by atoms with E-state index < -0.39 is 0 Å². The summed E-state index contributed by atoms with van der Waals surface area (Å²) < 4.78 is 11.1. The van der Waals surface area contributed by atoms with E-state index in [9.17, 15) is 0 Å². The lowest BCUT2D eigenvalue weighted by molar-refractivity contribution is 0.669. The van der Waals surface area contributed by atoms with Gasteiger partial charge in [-0.2, -0.15) is 0 Å². The van der Waals surface area contributed by atoms with Crippen molar-refractivity contribution in [3.05, 3.63) is 182 Å². The van der Waals surface area contributed by atoms with Gasteiger partial charge >= 0.3 is 0 Å². The summed E-state index contributed by atoms with van der Waals surface area (Å²) in [6.45, 7) is 0. The van der Waals surface area contributed by atoms with E-state index in [0.717, 1.165) is 44.4 Å². The van der Waals surface area contributed by atoms with Crippen LogP contribution in [0.2, 0.25) is 0 Å². The van der Waals surface area contributed by atoms with Crippen molar-refractivity contribution in [2.75, 3.05) is 0 Å². The largest absolute Gasteiger partial charge is 0.456 e. The molecule has 0 aliphatic heterocycles. The smallest absolute Gasteiger partial charge is 0.136 e. The fourth-order valence-electron chi connectivity index (χ4n) is 8.20. The molecule has 238 valence electrons. The fourth-order valence-corrected chi connectivity index (χ4v) is 8.20. The van der Waals surface area contributed by atoms with Gasteiger partial charge in [-0.05, 0) is 82.9 Å². The summed E-state index contributed by atoms with van der Waals surface area (Å²) in [5, 5.41) is 7.29. The number of hydrogen-bond acceptors (Lipinski definition) is 1. The first kappa shape index (κ1) is 28.0. The van der Waals surface area contributed by atoms with Crippen LogP contribution < -0.4 is 0 Å². The molecule has 0 unspecified atom stereocenters. The van der Waals surface area contributed by atoms with Crippen LogP contribution in [0.4, 0.5) is 0 Å². The van der Waals surface area contributed by atoms with Gasteiger partial charge in [0, 0.05) is 43.7 Å². The normalized spacial score (nSPS) is 11.9. The predicted octanol–water partition coefficient (Wildman–Crippen LogP) is 13.1. The first-order valence-electron chi connectivity index (χ1n) is 17.4. The zero-order valence-electron chi connectivity index (χ0n) is 27.6. The number of para-hydroxylation sites is 3. The topological polar surface area (TPSA) is 23.0 Å². The summed E-state index contributed by atoms with van der Waals surface area (Å²) in [7, 11) is 0. The number of hydrogen-bond donors (Lipinski definition) is 0. The van der Waals surface area contributed by atoms with Gasteiger partial charge in [0.05, 0.1) is 22.1 Å². The van der Waals surface area contributed by atoms with Crippen LogP contribution in [-0.4, -0.2) is 9.13 Å². The van der Waals surface area contributed by atoms with Gasteiger partial charge in [-0.3, -0.25) is 0 Å². The van der Waals surface area contributed by atoms with E-state index in [1.54, 1.807) is 0 Å². The number of furan rings is 1. The molecule has 3 aromatic heterocycles. The van der Waals surface area contributed by atoms with Crippen molar-refractivity contribution in [3.63, 3.8) is 0 Å². The van der Waals surface area contributed by atoms with Crippen molar-refractivity contribution in [3.8, 4) is 33.6 Å². The maximum absolute atomic E-state index is 6.22. The molecule has 0 radical (unpaired) electrons. The lowest BCUT2D eigenvalue weighted by Crippen LogP contribution is -1.95. The highest BCUT2D eigenvalue weighted by atomic mass is 16.3. The first-order valence-corrected chi connectivity index (χ1v) is 17.4. The second-order valence-corrected chi connectivity index (χ2v) is 13.3. The molecule has 3 heterocycles. The van der Waals surface area contributed by atoms with Gasteiger partial charge in [0.25, 0.3) is 0 Å². The van der Waals surface area contributed by atoms with Crippen molar-refractivity contribution in [2.24, 2.45) is 0 Å². The maximum atomic E-state index is 6.22. The predicted molar refractivity (Wildman–Crippen MR) is 213 cm³/mol. The minimum absolute atomic E-state index is 0.911. The molecule has 51 heavy (non-hydrogen) atoms. The summed E-state index contributed by atoms with van der Waals surface area (Å²) in [6, 6.07) is 65.5. The number of nitrogens with zero attached hydrogens (tertiary/aromatic N) is 2. The van der Waals surface area contributed by atoms with E-state index in [1.165, 1.54) is 54.7 Å². The van der Waals surface area contributed by atoms with Crippen LogP contribution in [-0.2, 0) is 0 Å². The maximum Gasteiger partial charge on any atom is 0.136 e. The van der Waals surface area contributed by atoms with Crippen LogP contribution >= 0.6 is 0 Å². The first-order chi connectivity index (χ1) is 25.3. The quantitative estimate of drug-likeness (QED) is 0.186. The Balaban J connectivity index is 1.11. The van der Waals surface area contributed by atoms with Gasteiger partial charge in [-0.25, -0.2) is 0 Å². The minimum atomic E-state index is 0.911.